The molecule has 3 aliphatic rings. The lowest BCUT2D eigenvalue weighted by Gasteiger charge is -2.34. The molecule has 1 aromatic carbocycles. The first-order chi connectivity index (χ1) is 13.8. The molecule has 3 heterocycles. The summed E-state index contributed by atoms with van der Waals surface area (Å²) < 4.78 is 51.4. The highest BCUT2D eigenvalue weighted by Gasteiger charge is 2.76. The lowest BCUT2D eigenvalue weighted by atomic mass is 9.67. The van der Waals surface area contributed by atoms with Crippen LogP contribution in [0.25, 0.3) is 0 Å². The number of nitriles is 1. The fourth-order valence-corrected chi connectivity index (χ4v) is 5.11. The van der Waals surface area contributed by atoms with Crippen LogP contribution >= 0.6 is 0 Å². The first kappa shape index (κ1) is 20.3. The number of carbonyl (C=O) groups is 3. The van der Waals surface area contributed by atoms with Crippen LogP contribution in [0.5, 0.6) is 0 Å². The Balaban J connectivity index is 1.77. The van der Waals surface area contributed by atoms with Crippen molar-refractivity contribution in [1.82, 2.24) is 0 Å². The minimum Gasteiger partial charge on any atom is -0.459 e. The molecule has 3 aliphatic heterocycles. The molecular weight excluding hydrogens is 405 g/mol. The van der Waals surface area contributed by atoms with E-state index in [1.807, 2.05) is 0 Å². The Morgan fingerprint density at radius 3 is 2.47 bits per heavy atom. The van der Waals surface area contributed by atoms with Gasteiger partial charge in [0, 0.05) is 13.3 Å². The number of rotatable bonds is 2. The van der Waals surface area contributed by atoms with Crippen LogP contribution in [-0.2, 0) is 30.0 Å². The van der Waals surface area contributed by atoms with E-state index in [0.717, 1.165) is 17.0 Å². The largest absolute Gasteiger partial charge is 0.459 e. The number of halogens is 3. The van der Waals surface area contributed by atoms with Gasteiger partial charge in [0.15, 0.2) is 0 Å². The molecule has 0 aliphatic carbocycles. The van der Waals surface area contributed by atoms with Crippen molar-refractivity contribution >= 4 is 23.5 Å². The number of imide groups is 1. The lowest BCUT2D eigenvalue weighted by molar-refractivity contribution is -0.159. The average Bonchev–Trinajstić information content (AvgIpc) is 3.14. The molecule has 0 radical (unpaired) electrons. The number of esters is 1. The first-order valence-corrected chi connectivity index (χ1v) is 9.20. The Morgan fingerprint density at radius 1 is 1.27 bits per heavy atom. The van der Waals surface area contributed by atoms with Crippen molar-refractivity contribution in [3.05, 3.63) is 29.3 Å². The highest BCUT2D eigenvalue weighted by molar-refractivity contribution is 6.23. The zero-order chi connectivity index (χ0) is 22.2. The zero-order valence-corrected chi connectivity index (χ0v) is 16.2. The number of nitrogens with zero attached hydrogens (tertiary/aromatic N) is 2. The van der Waals surface area contributed by atoms with E-state index in [2.05, 4.69) is 0 Å². The molecule has 2 amide bonds. The van der Waals surface area contributed by atoms with E-state index >= 15 is 0 Å². The number of anilines is 1. The molecule has 158 valence electrons. The Kier molecular flexibility index (Phi) is 4.10. The Morgan fingerprint density at radius 2 is 1.90 bits per heavy atom. The summed E-state index contributed by atoms with van der Waals surface area (Å²) in [6.07, 6.45) is -5.40. The molecule has 5 atom stereocenters. The predicted molar refractivity (Wildman–Crippen MR) is 93.7 cm³/mol. The minimum atomic E-state index is -4.83. The summed E-state index contributed by atoms with van der Waals surface area (Å²) >= 11 is 0. The van der Waals surface area contributed by atoms with Gasteiger partial charge in [-0.1, -0.05) is 0 Å². The summed E-state index contributed by atoms with van der Waals surface area (Å²) in [4.78, 5) is 38.6. The third kappa shape index (κ3) is 2.58. The molecule has 2 unspecified atom stereocenters. The molecular formula is C20H17F3N2O5. The summed E-state index contributed by atoms with van der Waals surface area (Å²) in [5.74, 6) is -3.86. The van der Waals surface area contributed by atoms with Gasteiger partial charge < -0.3 is 9.47 Å². The van der Waals surface area contributed by atoms with Gasteiger partial charge in [-0.25, -0.2) is 4.90 Å². The van der Waals surface area contributed by atoms with Crippen LogP contribution in [0.3, 0.4) is 0 Å². The molecule has 2 bridgehead atoms. The quantitative estimate of drug-likeness (QED) is 0.537. The smallest absolute Gasteiger partial charge is 0.417 e. The first-order valence-electron chi connectivity index (χ1n) is 9.20. The normalized spacial score (nSPS) is 34.8. The maximum atomic E-state index is 13.3. The summed E-state index contributed by atoms with van der Waals surface area (Å²) in [7, 11) is 0. The van der Waals surface area contributed by atoms with Crippen LogP contribution in [0.2, 0.25) is 0 Å². The van der Waals surface area contributed by atoms with Gasteiger partial charge in [-0.15, -0.1) is 0 Å². The van der Waals surface area contributed by atoms with Crippen LogP contribution in [0, 0.1) is 23.2 Å². The monoisotopic (exact) mass is 422 g/mol. The molecule has 3 fully saturated rings. The molecule has 0 N–H and O–H groups in total. The summed E-state index contributed by atoms with van der Waals surface area (Å²) in [5, 5.41) is 8.96. The number of ether oxygens (including phenoxy) is 2. The van der Waals surface area contributed by atoms with E-state index < -0.39 is 64.2 Å². The molecule has 0 saturated carbocycles. The van der Waals surface area contributed by atoms with Crippen LogP contribution in [0.15, 0.2) is 18.2 Å². The SMILES string of the molecule is CC(=O)O[C@H]1CC2(C)OC1(C)[C@@H]1C(=O)N(c3ccc(C#N)c(C(F)(F)F)c3)C(=O)[C@@H]12. The Bertz CT molecular complexity index is 1030. The summed E-state index contributed by atoms with van der Waals surface area (Å²) in [5.41, 5.74) is -4.47. The fourth-order valence-electron chi connectivity index (χ4n) is 5.11. The Hall–Kier alpha value is -2.93. The maximum Gasteiger partial charge on any atom is 0.417 e. The maximum absolute atomic E-state index is 13.3. The van der Waals surface area contributed by atoms with Gasteiger partial charge in [-0.2, -0.15) is 18.4 Å². The highest BCUT2D eigenvalue weighted by Crippen LogP contribution is 2.61. The van der Waals surface area contributed by atoms with Crippen LogP contribution in [0.1, 0.15) is 38.3 Å². The van der Waals surface area contributed by atoms with Crippen molar-refractivity contribution < 1.29 is 37.0 Å². The van der Waals surface area contributed by atoms with E-state index in [1.165, 1.54) is 13.0 Å². The van der Waals surface area contributed by atoms with Gasteiger partial charge >= 0.3 is 12.1 Å². The fraction of sp³-hybridized carbons (Fsp3) is 0.500. The number of hydrogen-bond donors (Lipinski definition) is 0. The minimum absolute atomic E-state index is 0.193. The van der Waals surface area contributed by atoms with E-state index in [4.69, 9.17) is 14.7 Å². The molecule has 30 heavy (non-hydrogen) atoms. The topological polar surface area (TPSA) is 96.7 Å². The van der Waals surface area contributed by atoms with E-state index in [9.17, 15) is 27.6 Å². The van der Waals surface area contributed by atoms with Crippen molar-refractivity contribution in [2.75, 3.05) is 4.90 Å². The van der Waals surface area contributed by atoms with Gasteiger partial charge in [0.1, 0.15) is 11.7 Å². The Labute approximate surface area is 169 Å². The summed E-state index contributed by atoms with van der Waals surface area (Å²) in [6.45, 7) is 4.43. The third-order valence-corrected chi connectivity index (χ3v) is 6.26. The lowest BCUT2D eigenvalue weighted by Crippen LogP contribution is -2.50. The van der Waals surface area contributed by atoms with Gasteiger partial charge in [-0.3, -0.25) is 14.4 Å². The molecule has 10 heteroatoms. The second-order valence-electron chi connectivity index (χ2n) is 8.21. The number of alkyl halides is 3. The number of amides is 2. The van der Waals surface area contributed by atoms with E-state index in [0.29, 0.717) is 6.07 Å². The van der Waals surface area contributed by atoms with Crippen LogP contribution < -0.4 is 4.90 Å². The molecule has 3 saturated heterocycles. The molecule has 7 nitrogen and oxygen atoms in total. The van der Waals surface area contributed by atoms with E-state index in [-0.39, 0.29) is 12.1 Å². The molecule has 0 aromatic heterocycles. The zero-order valence-electron chi connectivity index (χ0n) is 16.2. The number of benzene rings is 1. The van der Waals surface area contributed by atoms with Crippen molar-refractivity contribution in [3.8, 4) is 6.07 Å². The number of carbonyl (C=O) groups excluding carboxylic acids is 3. The predicted octanol–water partition coefficient (Wildman–Crippen LogP) is 2.57. The average molecular weight is 422 g/mol. The van der Waals surface area contributed by atoms with Crippen LogP contribution in [-0.4, -0.2) is 35.1 Å². The van der Waals surface area contributed by atoms with E-state index in [1.54, 1.807) is 13.8 Å². The second kappa shape index (κ2) is 6.04. The molecule has 1 aromatic rings. The molecule has 0 spiro atoms. The van der Waals surface area contributed by atoms with Gasteiger partial charge in [0.2, 0.25) is 11.8 Å². The number of hydrogen-bond acceptors (Lipinski definition) is 6. The second-order valence-corrected chi connectivity index (χ2v) is 8.21. The van der Waals surface area contributed by atoms with Gasteiger partial charge in [0.25, 0.3) is 0 Å². The van der Waals surface area contributed by atoms with Crippen molar-refractivity contribution in [1.29, 1.82) is 5.26 Å². The van der Waals surface area contributed by atoms with Crippen molar-refractivity contribution in [2.45, 2.75) is 50.7 Å². The van der Waals surface area contributed by atoms with Crippen molar-refractivity contribution in [3.63, 3.8) is 0 Å². The van der Waals surface area contributed by atoms with Gasteiger partial charge in [0.05, 0.1) is 40.3 Å². The standard InChI is InChI=1S/C20H17F3N2O5/c1-9(26)29-13-7-18(2)14-15(19(13,3)30-18)17(28)25(16(14)27)11-5-4-10(8-24)12(6-11)20(21,22)23/h4-6,13-15H,7H2,1-3H3/t13-,14+,15-,18?,19?/m0/s1. The van der Waals surface area contributed by atoms with Crippen molar-refractivity contribution in [2.24, 2.45) is 11.8 Å². The third-order valence-electron chi connectivity index (χ3n) is 6.26. The summed E-state index contributed by atoms with van der Waals surface area (Å²) in [6, 6.07) is 4.17. The van der Waals surface area contributed by atoms with Gasteiger partial charge in [-0.05, 0) is 32.0 Å². The number of fused-ring (bicyclic) bond motifs is 5. The highest BCUT2D eigenvalue weighted by atomic mass is 19.4. The molecule has 4 rings (SSSR count). The van der Waals surface area contributed by atoms with Crippen LogP contribution in [0.4, 0.5) is 18.9 Å².